The maximum atomic E-state index is 11.4. The zero-order valence-corrected chi connectivity index (χ0v) is 9.98. The lowest BCUT2D eigenvalue weighted by Crippen LogP contribution is -2.31. The molecular formula is C12H18N4O. The number of aryl methyl sites for hydroxylation is 1. The fourth-order valence-electron chi connectivity index (χ4n) is 2.68. The lowest BCUT2D eigenvalue weighted by Gasteiger charge is -2.17. The molecule has 0 saturated carbocycles. The molecule has 1 fully saturated rings. The van der Waals surface area contributed by atoms with E-state index < -0.39 is 0 Å². The van der Waals surface area contributed by atoms with E-state index in [9.17, 15) is 4.79 Å². The number of hydrogen-bond acceptors (Lipinski definition) is 2. The Bertz CT molecular complexity index is 426. The van der Waals surface area contributed by atoms with Gasteiger partial charge in [0.2, 0.25) is 0 Å². The van der Waals surface area contributed by atoms with Crippen molar-refractivity contribution in [1.82, 2.24) is 19.8 Å². The van der Waals surface area contributed by atoms with Crippen LogP contribution in [-0.2, 0) is 19.4 Å². The van der Waals surface area contributed by atoms with Crippen molar-refractivity contribution in [1.29, 1.82) is 0 Å². The molecule has 0 radical (unpaired) electrons. The van der Waals surface area contributed by atoms with E-state index in [1.165, 1.54) is 24.2 Å². The van der Waals surface area contributed by atoms with Gasteiger partial charge in [-0.25, -0.2) is 9.78 Å². The Morgan fingerprint density at radius 2 is 2.18 bits per heavy atom. The summed E-state index contributed by atoms with van der Waals surface area (Å²) in [6, 6.07) is 0.0685. The maximum absolute atomic E-state index is 11.4. The third-order valence-electron chi connectivity index (χ3n) is 3.67. The molecule has 92 valence electrons. The van der Waals surface area contributed by atoms with Crippen molar-refractivity contribution in [2.45, 2.75) is 32.2 Å². The van der Waals surface area contributed by atoms with Crippen molar-refractivity contribution < 1.29 is 4.79 Å². The van der Waals surface area contributed by atoms with Gasteiger partial charge in [-0.15, -0.1) is 0 Å². The summed E-state index contributed by atoms with van der Waals surface area (Å²) in [7, 11) is 0. The first kappa shape index (κ1) is 10.6. The highest BCUT2D eigenvalue weighted by molar-refractivity contribution is 5.76. The van der Waals surface area contributed by atoms with Gasteiger partial charge < -0.3 is 14.8 Å². The predicted octanol–water partition coefficient (Wildman–Crippen LogP) is 0.787. The van der Waals surface area contributed by atoms with Crippen LogP contribution in [0.5, 0.6) is 0 Å². The zero-order valence-electron chi connectivity index (χ0n) is 9.98. The normalized spacial score (nSPS) is 19.3. The highest BCUT2D eigenvalue weighted by atomic mass is 16.2. The van der Waals surface area contributed by atoms with Crippen molar-refractivity contribution in [2.24, 2.45) is 0 Å². The molecule has 1 aromatic rings. The van der Waals surface area contributed by atoms with Crippen LogP contribution in [0.3, 0.4) is 0 Å². The number of amides is 2. The number of nitrogens with one attached hydrogen (secondary N) is 1. The van der Waals surface area contributed by atoms with E-state index in [0.29, 0.717) is 0 Å². The van der Waals surface area contributed by atoms with Crippen molar-refractivity contribution in [3.05, 3.63) is 17.7 Å². The molecule has 0 spiro atoms. The third-order valence-corrected chi connectivity index (χ3v) is 3.67. The van der Waals surface area contributed by atoms with Crippen molar-refractivity contribution in [2.75, 3.05) is 19.6 Å². The van der Waals surface area contributed by atoms with E-state index in [0.717, 1.165) is 39.0 Å². The number of fused-ring (bicyclic) bond motifs is 1. The molecule has 0 unspecified atom stereocenters. The van der Waals surface area contributed by atoms with E-state index in [1.807, 2.05) is 11.2 Å². The first-order chi connectivity index (χ1) is 8.34. The Hall–Kier alpha value is -1.52. The zero-order chi connectivity index (χ0) is 11.7. The molecule has 3 rings (SSSR count). The summed E-state index contributed by atoms with van der Waals surface area (Å²) in [4.78, 5) is 17.7. The van der Waals surface area contributed by atoms with Gasteiger partial charge in [0.25, 0.3) is 0 Å². The van der Waals surface area contributed by atoms with E-state index in [2.05, 4.69) is 14.9 Å². The topological polar surface area (TPSA) is 50.2 Å². The molecule has 2 aliphatic rings. The average molecular weight is 234 g/mol. The molecule has 0 aromatic carbocycles. The number of nitrogens with zero attached hydrogens (tertiary/aromatic N) is 3. The largest absolute Gasteiger partial charge is 0.336 e. The minimum absolute atomic E-state index is 0.0685. The first-order valence-corrected chi connectivity index (χ1v) is 6.40. The Morgan fingerprint density at radius 1 is 1.29 bits per heavy atom. The Balaban J connectivity index is 1.65. The van der Waals surface area contributed by atoms with Crippen molar-refractivity contribution in [3.63, 3.8) is 0 Å². The Kier molecular flexibility index (Phi) is 2.74. The number of hydrogen-bond donors (Lipinski definition) is 1. The van der Waals surface area contributed by atoms with Gasteiger partial charge in [0.1, 0.15) is 0 Å². The minimum atomic E-state index is 0.0685. The lowest BCUT2D eigenvalue weighted by molar-refractivity contribution is 0.215. The highest BCUT2D eigenvalue weighted by Gasteiger charge is 2.20. The molecule has 1 saturated heterocycles. The van der Waals surface area contributed by atoms with Gasteiger partial charge in [-0.3, -0.25) is 0 Å². The van der Waals surface area contributed by atoms with Crippen LogP contribution in [0.1, 0.15) is 24.2 Å². The Morgan fingerprint density at radius 3 is 3.00 bits per heavy atom. The average Bonchev–Trinajstić information content (AvgIpc) is 2.93. The summed E-state index contributed by atoms with van der Waals surface area (Å²) < 4.78 is 2.22. The van der Waals surface area contributed by atoms with E-state index in [4.69, 9.17) is 0 Å². The van der Waals surface area contributed by atoms with E-state index in [1.54, 1.807) is 0 Å². The number of carbonyl (C=O) groups excluding carboxylic acids is 1. The van der Waals surface area contributed by atoms with E-state index in [-0.39, 0.29) is 6.03 Å². The van der Waals surface area contributed by atoms with Crippen LogP contribution in [0, 0.1) is 0 Å². The molecule has 2 heterocycles. The maximum Gasteiger partial charge on any atom is 0.317 e. The summed E-state index contributed by atoms with van der Waals surface area (Å²) >= 11 is 0. The van der Waals surface area contributed by atoms with Crippen molar-refractivity contribution in [3.8, 4) is 0 Å². The molecule has 5 nitrogen and oxygen atoms in total. The van der Waals surface area contributed by atoms with Gasteiger partial charge in [-0.1, -0.05) is 0 Å². The second-order valence-electron chi connectivity index (χ2n) is 4.76. The van der Waals surface area contributed by atoms with Crippen LogP contribution in [-0.4, -0.2) is 40.1 Å². The molecule has 1 N–H and O–H groups in total. The molecular weight excluding hydrogens is 216 g/mol. The molecule has 1 aliphatic carbocycles. The van der Waals surface area contributed by atoms with Crippen molar-refractivity contribution >= 4 is 6.03 Å². The summed E-state index contributed by atoms with van der Waals surface area (Å²) in [5, 5.41) is 2.82. The minimum Gasteiger partial charge on any atom is -0.336 e. The van der Waals surface area contributed by atoms with Gasteiger partial charge in [0.15, 0.2) is 0 Å². The Labute approximate surface area is 101 Å². The quantitative estimate of drug-likeness (QED) is 0.840. The standard InChI is InChI=1S/C12H18N4O/c17-12-13-5-6-15(12)7-8-16-9-14-10-3-1-2-4-11(10)16/h9H,1-8H2,(H,13,17). The smallest absolute Gasteiger partial charge is 0.317 e. The summed E-state index contributed by atoms with van der Waals surface area (Å²) in [5.41, 5.74) is 2.65. The third kappa shape index (κ3) is 2.01. The molecule has 0 atom stereocenters. The van der Waals surface area contributed by atoms with Crippen LogP contribution in [0.15, 0.2) is 6.33 Å². The van der Waals surface area contributed by atoms with Gasteiger partial charge >= 0.3 is 6.03 Å². The SMILES string of the molecule is O=C1NCCN1CCn1cnc2c1CCCC2. The van der Waals surface area contributed by atoms with Crippen LogP contribution in [0.4, 0.5) is 4.79 Å². The van der Waals surface area contributed by atoms with Crippen LogP contribution in [0.25, 0.3) is 0 Å². The fraction of sp³-hybridized carbons (Fsp3) is 0.667. The monoisotopic (exact) mass is 234 g/mol. The van der Waals surface area contributed by atoms with Gasteiger partial charge in [0, 0.05) is 31.9 Å². The van der Waals surface area contributed by atoms with Crippen LogP contribution < -0.4 is 5.32 Å². The highest BCUT2D eigenvalue weighted by Crippen LogP contribution is 2.19. The number of urea groups is 1. The van der Waals surface area contributed by atoms with E-state index >= 15 is 0 Å². The summed E-state index contributed by atoms with van der Waals surface area (Å²) in [6.45, 7) is 3.26. The van der Waals surface area contributed by atoms with Crippen LogP contribution in [0.2, 0.25) is 0 Å². The molecule has 1 aliphatic heterocycles. The molecule has 17 heavy (non-hydrogen) atoms. The molecule has 1 aromatic heterocycles. The number of carbonyl (C=O) groups is 1. The first-order valence-electron chi connectivity index (χ1n) is 6.40. The number of aromatic nitrogens is 2. The number of rotatable bonds is 3. The van der Waals surface area contributed by atoms with Gasteiger partial charge in [0.05, 0.1) is 12.0 Å². The predicted molar refractivity (Wildman–Crippen MR) is 63.8 cm³/mol. The van der Waals surface area contributed by atoms with Crippen LogP contribution >= 0.6 is 0 Å². The lowest BCUT2D eigenvalue weighted by atomic mass is 10.0. The fourth-order valence-corrected chi connectivity index (χ4v) is 2.68. The van der Waals surface area contributed by atoms with Gasteiger partial charge in [-0.05, 0) is 25.7 Å². The molecule has 2 amide bonds. The molecule has 0 bridgehead atoms. The summed E-state index contributed by atoms with van der Waals surface area (Å²) in [6.07, 6.45) is 6.72. The number of imidazole rings is 1. The summed E-state index contributed by atoms with van der Waals surface area (Å²) in [5.74, 6) is 0. The second-order valence-corrected chi connectivity index (χ2v) is 4.76. The molecule has 5 heteroatoms. The van der Waals surface area contributed by atoms with Gasteiger partial charge in [-0.2, -0.15) is 0 Å². The second kappa shape index (κ2) is 4.39.